The van der Waals surface area contributed by atoms with Crippen LogP contribution in [-0.4, -0.2) is 22.0 Å². The van der Waals surface area contributed by atoms with Crippen LogP contribution in [0.15, 0.2) is 24.3 Å². The molecule has 0 amide bonds. The standard InChI is InChI=1S/C12H12N4O4/c1-7-14-11(13)6-12(15-7)20-10-5-8(16(17)18)3-4-9(10)19-2/h3-6H,1-2H3,(H2,13,14,15). The van der Waals surface area contributed by atoms with Crippen molar-refractivity contribution in [3.05, 3.63) is 40.2 Å². The molecule has 0 saturated heterocycles. The average molecular weight is 276 g/mol. The number of aromatic nitrogens is 2. The van der Waals surface area contributed by atoms with Crippen LogP contribution in [-0.2, 0) is 0 Å². The van der Waals surface area contributed by atoms with Gasteiger partial charge in [-0.3, -0.25) is 10.1 Å². The van der Waals surface area contributed by atoms with Crippen molar-refractivity contribution in [1.29, 1.82) is 0 Å². The fourth-order valence-electron chi connectivity index (χ4n) is 1.59. The van der Waals surface area contributed by atoms with E-state index in [1.54, 1.807) is 6.92 Å². The highest BCUT2D eigenvalue weighted by Crippen LogP contribution is 2.34. The Kier molecular flexibility index (Phi) is 3.65. The number of methoxy groups -OCH3 is 1. The summed E-state index contributed by atoms with van der Waals surface area (Å²) >= 11 is 0. The maximum atomic E-state index is 10.8. The van der Waals surface area contributed by atoms with Gasteiger partial charge in [0, 0.05) is 12.1 Å². The van der Waals surface area contributed by atoms with Crippen LogP contribution in [0.1, 0.15) is 5.82 Å². The van der Waals surface area contributed by atoms with E-state index in [0.717, 1.165) is 0 Å². The van der Waals surface area contributed by atoms with E-state index in [0.29, 0.717) is 11.6 Å². The number of anilines is 1. The first-order chi connectivity index (χ1) is 9.49. The highest BCUT2D eigenvalue weighted by atomic mass is 16.6. The SMILES string of the molecule is COc1ccc([N+](=O)[O-])cc1Oc1cc(N)nc(C)n1. The van der Waals surface area contributed by atoms with E-state index in [1.165, 1.54) is 31.4 Å². The molecule has 0 radical (unpaired) electrons. The summed E-state index contributed by atoms with van der Waals surface area (Å²) in [4.78, 5) is 18.2. The number of ether oxygens (including phenoxy) is 2. The van der Waals surface area contributed by atoms with Crippen molar-refractivity contribution in [1.82, 2.24) is 9.97 Å². The molecule has 1 heterocycles. The summed E-state index contributed by atoms with van der Waals surface area (Å²) in [6, 6.07) is 5.45. The first kappa shape index (κ1) is 13.5. The third kappa shape index (κ3) is 2.91. The molecule has 0 aliphatic heterocycles. The van der Waals surface area contributed by atoms with Crippen LogP contribution in [0, 0.1) is 17.0 Å². The molecule has 2 aromatic rings. The van der Waals surface area contributed by atoms with E-state index in [4.69, 9.17) is 15.2 Å². The molecule has 0 atom stereocenters. The van der Waals surface area contributed by atoms with E-state index < -0.39 is 4.92 Å². The molecule has 0 spiro atoms. The first-order valence-corrected chi connectivity index (χ1v) is 5.61. The van der Waals surface area contributed by atoms with E-state index in [-0.39, 0.29) is 23.1 Å². The van der Waals surface area contributed by atoms with Crippen LogP contribution in [0.4, 0.5) is 11.5 Å². The number of hydrogen-bond acceptors (Lipinski definition) is 7. The fourth-order valence-corrected chi connectivity index (χ4v) is 1.59. The minimum Gasteiger partial charge on any atom is -0.493 e. The van der Waals surface area contributed by atoms with Crippen LogP contribution in [0.5, 0.6) is 17.4 Å². The Morgan fingerprint density at radius 2 is 2.00 bits per heavy atom. The highest BCUT2D eigenvalue weighted by Gasteiger charge is 2.14. The van der Waals surface area contributed by atoms with Gasteiger partial charge in [0.1, 0.15) is 11.6 Å². The molecule has 0 bridgehead atoms. The largest absolute Gasteiger partial charge is 0.493 e. The van der Waals surface area contributed by atoms with Crippen molar-refractivity contribution >= 4 is 11.5 Å². The molecular formula is C12H12N4O4. The van der Waals surface area contributed by atoms with Crippen molar-refractivity contribution in [3.8, 4) is 17.4 Å². The summed E-state index contributed by atoms with van der Waals surface area (Å²) in [6.07, 6.45) is 0. The van der Waals surface area contributed by atoms with E-state index >= 15 is 0 Å². The maximum Gasteiger partial charge on any atom is 0.273 e. The second-order valence-corrected chi connectivity index (χ2v) is 3.87. The first-order valence-electron chi connectivity index (χ1n) is 5.61. The number of hydrogen-bond donors (Lipinski definition) is 1. The summed E-state index contributed by atoms with van der Waals surface area (Å²) < 4.78 is 10.6. The molecule has 1 aromatic carbocycles. The second-order valence-electron chi connectivity index (χ2n) is 3.87. The third-order valence-electron chi connectivity index (χ3n) is 2.41. The molecule has 2 N–H and O–H groups in total. The Balaban J connectivity index is 2.40. The minimum absolute atomic E-state index is 0.112. The van der Waals surface area contributed by atoms with Crippen molar-refractivity contribution < 1.29 is 14.4 Å². The Labute approximate surface area is 114 Å². The van der Waals surface area contributed by atoms with Gasteiger partial charge < -0.3 is 15.2 Å². The zero-order chi connectivity index (χ0) is 14.7. The molecule has 8 heteroatoms. The molecule has 8 nitrogen and oxygen atoms in total. The number of nitrogen functional groups attached to an aromatic ring is 1. The Bertz CT molecular complexity index is 640. The van der Waals surface area contributed by atoms with Crippen LogP contribution in [0.25, 0.3) is 0 Å². The quantitative estimate of drug-likeness (QED) is 0.671. The van der Waals surface area contributed by atoms with Crippen molar-refractivity contribution in [2.75, 3.05) is 12.8 Å². The lowest BCUT2D eigenvalue weighted by Gasteiger charge is -2.09. The number of nitrogens with zero attached hydrogens (tertiary/aromatic N) is 3. The van der Waals surface area contributed by atoms with Gasteiger partial charge in [0.05, 0.1) is 18.1 Å². The van der Waals surface area contributed by atoms with Crippen LogP contribution < -0.4 is 15.2 Å². The molecule has 0 fully saturated rings. The molecule has 104 valence electrons. The van der Waals surface area contributed by atoms with Crippen LogP contribution in [0.2, 0.25) is 0 Å². The monoisotopic (exact) mass is 276 g/mol. The number of nitro benzene ring substituents is 1. The number of non-ortho nitro benzene ring substituents is 1. The predicted molar refractivity (Wildman–Crippen MR) is 70.9 cm³/mol. The molecule has 0 aliphatic carbocycles. The number of rotatable bonds is 4. The zero-order valence-electron chi connectivity index (χ0n) is 10.9. The second kappa shape index (κ2) is 5.39. The van der Waals surface area contributed by atoms with Gasteiger partial charge in [-0.15, -0.1) is 0 Å². The van der Waals surface area contributed by atoms with Crippen molar-refractivity contribution in [3.63, 3.8) is 0 Å². The minimum atomic E-state index is -0.522. The van der Waals surface area contributed by atoms with E-state index in [2.05, 4.69) is 9.97 Å². The van der Waals surface area contributed by atoms with E-state index in [1.807, 2.05) is 0 Å². The summed E-state index contributed by atoms with van der Waals surface area (Å²) in [5, 5.41) is 10.8. The van der Waals surface area contributed by atoms with Gasteiger partial charge >= 0.3 is 0 Å². The smallest absolute Gasteiger partial charge is 0.273 e. The Morgan fingerprint density at radius 3 is 2.60 bits per heavy atom. The summed E-state index contributed by atoms with van der Waals surface area (Å²) in [7, 11) is 1.44. The van der Waals surface area contributed by atoms with Crippen molar-refractivity contribution in [2.24, 2.45) is 0 Å². The van der Waals surface area contributed by atoms with E-state index in [9.17, 15) is 10.1 Å². The highest BCUT2D eigenvalue weighted by molar-refractivity contribution is 5.50. The van der Waals surface area contributed by atoms with Gasteiger partial charge in [-0.2, -0.15) is 4.98 Å². The summed E-state index contributed by atoms with van der Waals surface area (Å²) in [5.74, 6) is 1.40. The molecule has 2 rings (SSSR count). The summed E-state index contributed by atoms with van der Waals surface area (Å²) in [6.45, 7) is 1.66. The lowest BCUT2D eigenvalue weighted by Crippen LogP contribution is -1.99. The predicted octanol–water partition coefficient (Wildman–Crippen LogP) is 2.08. The molecule has 20 heavy (non-hydrogen) atoms. The normalized spacial score (nSPS) is 10.1. The Morgan fingerprint density at radius 1 is 1.25 bits per heavy atom. The molecule has 0 saturated carbocycles. The van der Waals surface area contributed by atoms with Gasteiger partial charge in [-0.05, 0) is 13.0 Å². The lowest BCUT2D eigenvalue weighted by molar-refractivity contribution is -0.384. The molecule has 0 unspecified atom stereocenters. The summed E-state index contributed by atoms with van der Waals surface area (Å²) in [5.41, 5.74) is 5.48. The number of nitro groups is 1. The third-order valence-corrected chi connectivity index (χ3v) is 2.41. The van der Waals surface area contributed by atoms with Gasteiger partial charge in [-0.25, -0.2) is 4.98 Å². The molecular weight excluding hydrogens is 264 g/mol. The zero-order valence-corrected chi connectivity index (χ0v) is 10.9. The maximum absolute atomic E-state index is 10.8. The van der Waals surface area contributed by atoms with Gasteiger partial charge in [0.25, 0.3) is 5.69 Å². The molecule has 0 aliphatic rings. The lowest BCUT2D eigenvalue weighted by atomic mass is 10.3. The Hall–Kier alpha value is -2.90. The molecule has 1 aromatic heterocycles. The average Bonchev–Trinajstić information content (AvgIpc) is 2.37. The van der Waals surface area contributed by atoms with Crippen molar-refractivity contribution in [2.45, 2.75) is 6.92 Å². The van der Waals surface area contributed by atoms with Gasteiger partial charge in [0.2, 0.25) is 5.88 Å². The van der Waals surface area contributed by atoms with Gasteiger partial charge in [0.15, 0.2) is 11.5 Å². The topological polar surface area (TPSA) is 113 Å². The van der Waals surface area contributed by atoms with Crippen LogP contribution >= 0.6 is 0 Å². The number of nitrogens with two attached hydrogens (primary N) is 1. The van der Waals surface area contributed by atoms with Crippen LogP contribution in [0.3, 0.4) is 0 Å². The fraction of sp³-hybridized carbons (Fsp3) is 0.167. The number of benzene rings is 1. The number of aryl methyl sites for hydroxylation is 1. The van der Waals surface area contributed by atoms with Gasteiger partial charge in [-0.1, -0.05) is 0 Å².